The number of nitrogens with one attached hydrogen (secondary N) is 2. The number of aromatic amines is 1. The van der Waals surface area contributed by atoms with Gasteiger partial charge >= 0.3 is 0 Å². The third-order valence-corrected chi connectivity index (χ3v) is 6.85. The number of rotatable bonds is 7. The molecule has 0 saturated heterocycles. The molecule has 2 heterocycles. The van der Waals surface area contributed by atoms with Crippen LogP contribution in [-0.4, -0.2) is 22.6 Å². The summed E-state index contributed by atoms with van der Waals surface area (Å²) in [6.07, 6.45) is 5.88. The van der Waals surface area contributed by atoms with Crippen molar-refractivity contribution in [3.63, 3.8) is 0 Å². The molecule has 3 nitrogen and oxygen atoms in total. The standard InChI is InChI=1S/C30H33N3/c1-21-19-28(22(2)32-21)30-11-5-10-29(33-30)25-14-12-23(13-15-25)7-6-18-31-27-17-16-24-8-3-4-9-26(24)20-27/h3-5,8-15,19,27,31-32H,6-7,16-18,20H2,1-2H3. The summed E-state index contributed by atoms with van der Waals surface area (Å²) < 4.78 is 0. The molecule has 0 amide bonds. The Morgan fingerprint density at radius 3 is 2.48 bits per heavy atom. The van der Waals surface area contributed by atoms with Crippen LogP contribution in [-0.2, 0) is 19.3 Å². The zero-order chi connectivity index (χ0) is 22.6. The van der Waals surface area contributed by atoms with Crippen molar-refractivity contribution in [3.05, 3.63) is 101 Å². The first-order valence-corrected chi connectivity index (χ1v) is 12.2. The van der Waals surface area contributed by atoms with E-state index in [2.05, 4.69) is 96.9 Å². The minimum absolute atomic E-state index is 0.619. The minimum atomic E-state index is 0.619. The molecule has 33 heavy (non-hydrogen) atoms. The number of benzene rings is 2. The maximum Gasteiger partial charge on any atom is 0.0727 e. The van der Waals surface area contributed by atoms with E-state index in [-0.39, 0.29) is 0 Å². The predicted molar refractivity (Wildman–Crippen MR) is 138 cm³/mol. The normalized spacial score (nSPS) is 15.4. The third kappa shape index (κ3) is 5.09. The molecule has 0 radical (unpaired) electrons. The van der Waals surface area contributed by atoms with Crippen molar-refractivity contribution >= 4 is 0 Å². The fourth-order valence-corrected chi connectivity index (χ4v) is 5.05. The van der Waals surface area contributed by atoms with Crippen LogP contribution in [0.25, 0.3) is 22.5 Å². The molecule has 1 atom stereocenters. The number of nitrogens with zero attached hydrogens (tertiary/aromatic N) is 1. The van der Waals surface area contributed by atoms with E-state index in [1.165, 1.54) is 58.5 Å². The SMILES string of the molecule is Cc1cc(-c2cccc(-c3ccc(CCCNC4CCc5ccccc5C4)cc3)n2)c(C)[nH]1. The Bertz CT molecular complexity index is 1220. The first-order chi connectivity index (χ1) is 16.2. The molecule has 2 aromatic heterocycles. The Hall–Kier alpha value is -3.17. The molecule has 1 aliphatic rings. The summed E-state index contributed by atoms with van der Waals surface area (Å²) in [6, 6.07) is 26.9. The van der Waals surface area contributed by atoms with Gasteiger partial charge in [0.15, 0.2) is 0 Å². The molecule has 5 rings (SSSR count). The third-order valence-electron chi connectivity index (χ3n) is 6.85. The van der Waals surface area contributed by atoms with Crippen LogP contribution in [0.3, 0.4) is 0 Å². The van der Waals surface area contributed by atoms with Gasteiger partial charge in [0.25, 0.3) is 0 Å². The topological polar surface area (TPSA) is 40.7 Å². The zero-order valence-electron chi connectivity index (χ0n) is 19.7. The molecule has 0 aliphatic heterocycles. The predicted octanol–water partition coefficient (Wildman–Crippen LogP) is 6.44. The largest absolute Gasteiger partial charge is 0.362 e. The highest BCUT2D eigenvalue weighted by Gasteiger charge is 2.17. The summed E-state index contributed by atoms with van der Waals surface area (Å²) in [7, 11) is 0. The molecule has 2 N–H and O–H groups in total. The molecule has 0 bridgehead atoms. The molecule has 1 aliphatic carbocycles. The highest BCUT2D eigenvalue weighted by Crippen LogP contribution is 2.26. The number of aryl methyl sites for hydroxylation is 4. The maximum absolute atomic E-state index is 4.93. The number of pyridine rings is 1. The summed E-state index contributed by atoms with van der Waals surface area (Å²) in [4.78, 5) is 8.31. The van der Waals surface area contributed by atoms with Gasteiger partial charge in [0.05, 0.1) is 11.4 Å². The smallest absolute Gasteiger partial charge is 0.0727 e. The van der Waals surface area contributed by atoms with Crippen LogP contribution in [0.5, 0.6) is 0 Å². The molecule has 4 aromatic rings. The summed E-state index contributed by atoms with van der Waals surface area (Å²) in [6.45, 7) is 5.27. The van der Waals surface area contributed by atoms with E-state index < -0.39 is 0 Å². The number of H-pyrrole nitrogens is 1. The van der Waals surface area contributed by atoms with Gasteiger partial charge in [0, 0.05) is 28.6 Å². The van der Waals surface area contributed by atoms with Gasteiger partial charge in [-0.2, -0.15) is 0 Å². The Kier molecular flexibility index (Phi) is 6.41. The van der Waals surface area contributed by atoms with Crippen LogP contribution >= 0.6 is 0 Å². The Morgan fingerprint density at radius 2 is 1.70 bits per heavy atom. The van der Waals surface area contributed by atoms with Crippen LogP contribution in [0, 0.1) is 13.8 Å². The fraction of sp³-hybridized carbons (Fsp3) is 0.300. The van der Waals surface area contributed by atoms with Crippen LogP contribution in [0.15, 0.2) is 72.8 Å². The van der Waals surface area contributed by atoms with Crippen LogP contribution < -0.4 is 5.32 Å². The second-order valence-electron chi connectivity index (χ2n) is 9.36. The molecular weight excluding hydrogens is 402 g/mol. The van der Waals surface area contributed by atoms with E-state index in [9.17, 15) is 0 Å². The lowest BCUT2D eigenvalue weighted by Crippen LogP contribution is -2.35. The number of aromatic nitrogens is 2. The average Bonchev–Trinajstić information content (AvgIpc) is 3.20. The molecule has 168 valence electrons. The highest BCUT2D eigenvalue weighted by molar-refractivity contribution is 5.68. The molecule has 0 saturated carbocycles. The first-order valence-electron chi connectivity index (χ1n) is 12.2. The number of hydrogen-bond acceptors (Lipinski definition) is 2. The molecule has 3 heteroatoms. The van der Waals surface area contributed by atoms with Crippen molar-refractivity contribution in [2.45, 2.75) is 52.0 Å². The molecule has 1 unspecified atom stereocenters. The molecular formula is C30H33N3. The minimum Gasteiger partial charge on any atom is -0.362 e. The Balaban J connectivity index is 1.15. The van der Waals surface area contributed by atoms with Crippen molar-refractivity contribution in [1.82, 2.24) is 15.3 Å². The lowest BCUT2D eigenvalue weighted by atomic mass is 9.88. The number of fused-ring (bicyclic) bond motifs is 1. The maximum atomic E-state index is 4.93. The van der Waals surface area contributed by atoms with Gasteiger partial charge in [-0.15, -0.1) is 0 Å². The summed E-state index contributed by atoms with van der Waals surface area (Å²) >= 11 is 0. The Morgan fingerprint density at radius 1 is 0.909 bits per heavy atom. The second kappa shape index (κ2) is 9.76. The van der Waals surface area contributed by atoms with Gasteiger partial charge in [-0.05, 0) is 87.4 Å². The number of hydrogen-bond donors (Lipinski definition) is 2. The lowest BCUT2D eigenvalue weighted by molar-refractivity contribution is 0.454. The lowest BCUT2D eigenvalue weighted by Gasteiger charge is -2.25. The summed E-state index contributed by atoms with van der Waals surface area (Å²) in [5, 5.41) is 3.79. The van der Waals surface area contributed by atoms with E-state index in [1.54, 1.807) is 0 Å². The molecule has 0 spiro atoms. The van der Waals surface area contributed by atoms with Crippen LogP contribution in [0.4, 0.5) is 0 Å². The van der Waals surface area contributed by atoms with E-state index in [0.717, 1.165) is 30.8 Å². The zero-order valence-corrected chi connectivity index (χ0v) is 19.7. The van der Waals surface area contributed by atoms with E-state index in [1.807, 2.05) is 0 Å². The molecule has 0 fully saturated rings. The fourth-order valence-electron chi connectivity index (χ4n) is 5.05. The van der Waals surface area contributed by atoms with Crippen molar-refractivity contribution < 1.29 is 0 Å². The second-order valence-corrected chi connectivity index (χ2v) is 9.36. The van der Waals surface area contributed by atoms with Crippen LogP contribution in [0.2, 0.25) is 0 Å². The average molecular weight is 436 g/mol. The van der Waals surface area contributed by atoms with Gasteiger partial charge in [-0.25, -0.2) is 4.98 Å². The highest BCUT2D eigenvalue weighted by atomic mass is 14.9. The van der Waals surface area contributed by atoms with Gasteiger partial charge in [0.2, 0.25) is 0 Å². The van der Waals surface area contributed by atoms with Gasteiger partial charge in [-0.1, -0.05) is 54.6 Å². The van der Waals surface area contributed by atoms with Crippen molar-refractivity contribution in [1.29, 1.82) is 0 Å². The van der Waals surface area contributed by atoms with Crippen LogP contribution in [0.1, 0.15) is 40.9 Å². The summed E-state index contributed by atoms with van der Waals surface area (Å²) in [5.41, 5.74) is 11.2. The monoisotopic (exact) mass is 435 g/mol. The quantitative estimate of drug-likeness (QED) is 0.328. The molecule has 2 aromatic carbocycles. The van der Waals surface area contributed by atoms with E-state index in [0.29, 0.717) is 6.04 Å². The van der Waals surface area contributed by atoms with Gasteiger partial charge in [0.1, 0.15) is 0 Å². The Labute approximate surface area is 197 Å². The summed E-state index contributed by atoms with van der Waals surface area (Å²) in [5.74, 6) is 0. The van der Waals surface area contributed by atoms with E-state index >= 15 is 0 Å². The van der Waals surface area contributed by atoms with Crippen molar-refractivity contribution in [2.75, 3.05) is 6.54 Å². The first kappa shape index (κ1) is 21.7. The van der Waals surface area contributed by atoms with E-state index in [4.69, 9.17) is 4.98 Å². The van der Waals surface area contributed by atoms with Gasteiger partial charge < -0.3 is 10.3 Å². The van der Waals surface area contributed by atoms with Crippen molar-refractivity contribution in [2.24, 2.45) is 0 Å². The van der Waals surface area contributed by atoms with Crippen molar-refractivity contribution in [3.8, 4) is 22.5 Å². The van der Waals surface area contributed by atoms with Gasteiger partial charge in [-0.3, -0.25) is 0 Å².